The van der Waals surface area contributed by atoms with Crippen LogP contribution in [0.3, 0.4) is 0 Å². The van der Waals surface area contributed by atoms with Crippen molar-refractivity contribution in [2.45, 2.75) is 13.8 Å². The molecule has 0 saturated heterocycles. The van der Waals surface area contributed by atoms with Gasteiger partial charge in [0.2, 0.25) is 0 Å². The monoisotopic (exact) mass is 186 g/mol. The second-order valence-electron chi connectivity index (χ2n) is 3.80. The number of fused-ring (bicyclic) bond motifs is 1. The molecular formula is C12H14N2. The number of hydrogen-bond acceptors (Lipinski definition) is 2. The Labute approximate surface area is 83.5 Å². The molecule has 0 bridgehead atoms. The van der Waals surface area contributed by atoms with Crippen molar-refractivity contribution in [3.05, 3.63) is 35.4 Å². The Bertz CT molecular complexity index is 454. The maximum absolute atomic E-state index is 5.94. The van der Waals surface area contributed by atoms with Gasteiger partial charge in [-0.2, -0.15) is 0 Å². The molecule has 0 atom stereocenters. The van der Waals surface area contributed by atoms with E-state index < -0.39 is 0 Å². The number of aryl methyl sites for hydroxylation is 2. The molecule has 0 amide bonds. The molecule has 72 valence electrons. The fraction of sp³-hybridized carbons (Fsp3) is 0.167. The van der Waals surface area contributed by atoms with Gasteiger partial charge in [-0.3, -0.25) is 0 Å². The second-order valence-corrected chi connectivity index (χ2v) is 3.80. The molecular weight excluding hydrogens is 172 g/mol. The van der Waals surface area contributed by atoms with E-state index >= 15 is 0 Å². The fourth-order valence-corrected chi connectivity index (χ4v) is 1.82. The SMILES string of the molecule is Cc1cc(N)c2cc(C)cc(N)c2c1. The topological polar surface area (TPSA) is 52.0 Å². The van der Waals surface area contributed by atoms with E-state index in [1.54, 1.807) is 0 Å². The van der Waals surface area contributed by atoms with E-state index in [-0.39, 0.29) is 0 Å². The molecule has 2 nitrogen and oxygen atoms in total. The number of hydrogen-bond donors (Lipinski definition) is 2. The van der Waals surface area contributed by atoms with Crippen LogP contribution in [0.4, 0.5) is 11.4 Å². The van der Waals surface area contributed by atoms with Crippen molar-refractivity contribution in [3.8, 4) is 0 Å². The maximum atomic E-state index is 5.94. The van der Waals surface area contributed by atoms with E-state index in [0.29, 0.717) is 0 Å². The maximum Gasteiger partial charge on any atom is 0.0397 e. The lowest BCUT2D eigenvalue weighted by Gasteiger charge is -2.08. The van der Waals surface area contributed by atoms with Gasteiger partial charge in [-0.1, -0.05) is 0 Å². The minimum Gasteiger partial charge on any atom is -0.398 e. The molecule has 0 unspecified atom stereocenters. The molecule has 14 heavy (non-hydrogen) atoms. The van der Waals surface area contributed by atoms with Gasteiger partial charge in [0.05, 0.1) is 0 Å². The summed E-state index contributed by atoms with van der Waals surface area (Å²) in [6.07, 6.45) is 0. The van der Waals surface area contributed by atoms with Crippen molar-refractivity contribution in [1.82, 2.24) is 0 Å². The zero-order valence-electron chi connectivity index (χ0n) is 8.46. The quantitative estimate of drug-likeness (QED) is 0.621. The zero-order valence-corrected chi connectivity index (χ0v) is 8.46. The van der Waals surface area contributed by atoms with E-state index in [0.717, 1.165) is 33.3 Å². The van der Waals surface area contributed by atoms with Crippen LogP contribution in [0, 0.1) is 13.8 Å². The summed E-state index contributed by atoms with van der Waals surface area (Å²) >= 11 is 0. The first-order valence-corrected chi connectivity index (χ1v) is 4.64. The van der Waals surface area contributed by atoms with Crippen LogP contribution in [-0.4, -0.2) is 0 Å². The van der Waals surface area contributed by atoms with Crippen molar-refractivity contribution in [2.24, 2.45) is 0 Å². The van der Waals surface area contributed by atoms with Crippen LogP contribution in [0.2, 0.25) is 0 Å². The summed E-state index contributed by atoms with van der Waals surface area (Å²) < 4.78 is 0. The Morgan fingerprint density at radius 3 is 1.43 bits per heavy atom. The molecule has 2 aromatic rings. The number of rotatable bonds is 0. The summed E-state index contributed by atoms with van der Waals surface area (Å²) in [4.78, 5) is 0. The van der Waals surface area contributed by atoms with Crippen molar-refractivity contribution in [2.75, 3.05) is 11.5 Å². The van der Waals surface area contributed by atoms with Crippen molar-refractivity contribution in [1.29, 1.82) is 0 Å². The van der Waals surface area contributed by atoms with Gasteiger partial charge in [0, 0.05) is 22.1 Å². The van der Waals surface area contributed by atoms with Crippen LogP contribution in [-0.2, 0) is 0 Å². The molecule has 0 spiro atoms. The molecule has 0 radical (unpaired) electrons. The Morgan fingerprint density at radius 1 is 0.714 bits per heavy atom. The number of anilines is 2. The van der Waals surface area contributed by atoms with Gasteiger partial charge in [-0.25, -0.2) is 0 Å². The first-order valence-electron chi connectivity index (χ1n) is 4.64. The lowest BCUT2D eigenvalue weighted by Crippen LogP contribution is -1.93. The van der Waals surface area contributed by atoms with E-state index in [1.165, 1.54) is 0 Å². The largest absolute Gasteiger partial charge is 0.398 e. The molecule has 0 aliphatic rings. The zero-order chi connectivity index (χ0) is 10.3. The van der Waals surface area contributed by atoms with Crippen molar-refractivity contribution < 1.29 is 0 Å². The molecule has 2 aromatic carbocycles. The molecule has 0 heterocycles. The van der Waals surface area contributed by atoms with Gasteiger partial charge in [0.15, 0.2) is 0 Å². The molecule has 4 N–H and O–H groups in total. The normalized spacial score (nSPS) is 10.7. The highest BCUT2D eigenvalue weighted by molar-refractivity contribution is 6.01. The molecule has 2 rings (SSSR count). The van der Waals surface area contributed by atoms with Crippen LogP contribution in [0.5, 0.6) is 0 Å². The van der Waals surface area contributed by atoms with Crippen LogP contribution in [0.15, 0.2) is 24.3 Å². The minimum absolute atomic E-state index is 0.801. The van der Waals surface area contributed by atoms with Gasteiger partial charge in [0.25, 0.3) is 0 Å². The Balaban J connectivity index is 2.94. The van der Waals surface area contributed by atoms with Crippen molar-refractivity contribution in [3.63, 3.8) is 0 Å². The van der Waals surface area contributed by atoms with Crippen LogP contribution in [0.1, 0.15) is 11.1 Å². The van der Waals surface area contributed by atoms with Gasteiger partial charge < -0.3 is 11.5 Å². The third kappa shape index (κ3) is 1.29. The minimum atomic E-state index is 0.801. The van der Waals surface area contributed by atoms with E-state index in [2.05, 4.69) is 12.1 Å². The fourth-order valence-electron chi connectivity index (χ4n) is 1.82. The average Bonchev–Trinajstić information content (AvgIpc) is 2.07. The number of nitrogens with two attached hydrogens (primary N) is 2. The number of benzene rings is 2. The van der Waals surface area contributed by atoms with Crippen LogP contribution < -0.4 is 11.5 Å². The first-order chi connectivity index (χ1) is 6.58. The lowest BCUT2D eigenvalue weighted by atomic mass is 10.0. The standard InChI is InChI=1S/C12H14N2/c1-7-3-9-10(11(13)5-7)4-8(2)6-12(9)14/h3-6H,13-14H2,1-2H3. The summed E-state index contributed by atoms with van der Waals surface area (Å²) in [7, 11) is 0. The van der Waals surface area contributed by atoms with Gasteiger partial charge >= 0.3 is 0 Å². The molecule has 0 saturated carbocycles. The van der Waals surface area contributed by atoms with E-state index in [4.69, 9.17) is 11.5 Å². The highest BCUT2D eigenvalue weighted by atomic mass is 14.6. The van der Waals surface area contributed by atoms with Gasteiger partial charge in [-0.05, 0) is 49.2 Å². The highest BCUT2D eigenvalue weighted by Crippen LogP contribution is 2.28. The third-order valence-corrected chi connectivity index (χ3v) is 2.42. The summed E-state index contributed by atoms with van der Waals surface area (Å²) in [6.45, 7) is 4.05. The molecule has 0 aliphatic heterocycles. The van der Waals surface area contributed by atoms with Gasteiger partial charge in [-0.15, -0.1) is 0 Å². The van der Waals surface area contributed by atoms with E-state index in [1.807, 2.05) is 26.0 Å². The predicted molar refractivity (Wildman–Crippen MR) is 62.2 cm³/mol. The summed E-state index contributed by atoms with van der Waals surface area (Å²) in [5, 5.41) is 2.10. The highest BCUT2D eigenvalue weighted by Gasteiger charge is 2.03. The smallest absolute Gasteiger partial charge is 0.0397 e. The molecule has 0 fully saturated rings. The third-order valence-electron chi connectivity index (χ3n) is 2.42. The summed E-state index contributed by atoms with van der Waals surface area (Å²) in [5.74, 6) is 0. The average molecular weight is 186 g/mol. The van der Waals surface area contributed by atoms with Crippen LogP contribution >= 0.6 is 0 Å². The second kappa shape index (κ2) is 2.91. The molecule has 2 heteroatoms. The summed E-state index contributed by atoms with van der Waals surface area (Å²) in [5.41, 5.74) is 15.8. The Hall–Kier alpha value is -1.70. The Morgan fingerprint density at radius 2 is 1.07 bits per heavy atom. The Kier molecular flexibility index (Phi) is 1.84. The van der Waals surface area contributed by atoms with Gasteiger partial charge in [0.1, 0.15) is 0 Å². The lowest BCUT2D eigenvalue weighted by molar-refractivity contribution is 1.47. The summed E-state index contributed by atoms with van der Waals surface area (Å²) in [6, 6.07) is 8.09. The molecule has 0 aliphatic carbocycles. The first kappa shape index (κ1) is 8.88. The molecule has 0 aromatic heterocycles. The number of nitrogen functional groups attached to an aromatic ring is 2. The van der Waals surface area contributed by atoms with Crippen molar-refractivity contribution >= 4 is 22.1 Å². The van der Waals surface area contributed by atoms with E-state index in [9.17, 15) is 0 Å². The van der Waals surface area contributed by atoms with Crippen LogP contribution in [0.25, 0.3) is 10.8 Å². The predicted octanol–water partition coefficient (Wildman–Crippen LogP) is 2.62.